The second-order valence-electron chi connectivity index (χ2n) is 7.84. The van der Waals surface area contributed by atoms with Crippen LogP contribution in [0.4, 0.5) is 17.3 Å². The Balaban J connectivity index is 1.70. The van der Waals surface area contributed by atoms with Crippen molar-refractivity contribution in [2.45, 2.75) is 19.3 Å². The summed E-state index contributed by atoms with van der Waals surface area (Å²) in [6.45, 7) is 3.71. The van der Waals surface area contributed by atoms with Crippen molar-refractivity contribution >= 4 is 29.1 Å². The molecule has 8 heteroatoms. The van der Waals surface area contributed by atoms with Crippen LogP contribution >= 0.6 is 0 Å². The number of carbonyl (C=O) groups is 2. The third-order valence-electron chi connectivity index (χ3n) is 5.09. The fraction of sp³-hybridized carbons (Fsp3) is 0.227. The van der Waals surface area contributed by atoms with Crippen LogP contribution in [0.3, 0.4) is 0 Å². The minimum Gasteiger partial charge on any atom is -0.347 e. The minimum absolute atomic E-state index is 0.0638. The molecule has 152 valence electrons. The fourth-order valence-corrected chi connectivity index (χ4v) is 3.30. The van der Waals surface area contributed by atoms with Crippen LogP contribution in [0.25, 0.3) is 11.4 Å². The van der Waals surface area contributed by atoms with Gasteiger partial charge in [-0.05, 0) is 49.7 Å². The number of anilines is 3. The molecular formula is C22H22N6O2. The molecule has 2 N–H and O–H groups in total. The summed E-state index contributed by atoms with van der Waals surface area (Å²) in [7, 11) is 3.66. The Kier molecular flexibility index (Phi) is 4.69. The van der Waals surface area contributed by atoms with Gasteiger partial charge in [0.25, 0.3) is 5.91 Å². The number of hydrogen-bond donors (Lipinski definition) is 2. The average Bonchev–Trinajstić information content (AvgIpc) is 2.96. The number of nitrogens with one attached hydrogen (secondary N) is 2. The Morgan fingerprint density at radius 2 is 1.93 bits per heavy atom. The molecular weight excluding hydrogens is 380 g/mol. The monoisotopic (exact) mass is 402 g/mol. The summed E-state index contributed by atoms with van der Waals surface area (Å²) in [6.07, 6.45) is 3.16. The molecule has 0 saturated heterocycles. The molecule has 0 aliphatic carbocycles. The van der Waals surface area contributed by atoms with Gasteiger partial charge >= 0.3 is 0 Å². The Hall–Kier alpha value is -3.81. The van der Waals surface area contributed by atoms with E-state index in [1.165, 1.54) is 6.20 Å². The fourth-order valence-electron chi connectivity index (χ4n) is 3.30. The maximum Gasteiger partial charge on any atom is 0.259 e. The van der Waals surface area contributed by atoms with Crippen molar-refractivity contribution in [3.63, 3.8) is 0 Å². The van der Waals surface area contributed by atoms with Crippen molar-refractivity contribution in [1.29, 1.82) is 0 Å². The van der Waals surface area contributed by atoms with E-state index < -0.39 is 5.41 Å². The zero-order valence-corrected chi connectivity index (χ0v) is 17.2. The number of carbonyl (C=O) groups excluding carboxylic acids is 2. The van der Waals surface area contributed by atoms with Gasteiger partial charge in [0.1, 0.15) is 5.69 Å². The lowest BCUT2D eigenvalue weighted by Gasteiger charge is -2.17. The first kappa shape index (κ1) is 19.5. The summed E-state index contributed by atoms with van der Waals surface area (Å²) < 4.78 is 0. The predicted molar refractivity (Wildman–Crippen MR) is 116 cm³/mol. The van der Waals surface area contributed by atoms with Crippen LogP contribution in [0.1, 0.15) is 29.8 Å². The quantitative estimate of drug-likeness (QED) is 0.696. The third-order valence-corrected chi connectivity index (χ3v) is 5.09. The first-order valence-corrected chi connectivity index (χ1v) is 9.50. The first-order valence-electron chi connectivity index (χ1n) is 9.50. The van der Waals surface area contributed by atoms with Gasteiger partial charge in [0.05, 0.1) is 16.7 Å². The minimum atomic E-state index is -0.661. The maximum atomic E-state index is 13.1. The van der Waals surface area contributed by atoms with Crippen molar-refractivity contribution in [2.75, 3.05) is 29.6 Å². The normalized spacial score (nSPS) is 14.1. The van der Waals surface area contributed by atoms with Crippen LogP contribution in [-0.4, -0.2) is 40.9 Å². The molecule has 0 unspecified atom stereocenters. The van der Waals surface area contributed by atoms with Gasteiger partial charge in [-0.2, -0.15) is 0 Å². The maximum absolute atomic E-state index is 13.1. The molecule has 3 aromatic rings. The zero-order valence-electron chi connectivity index (χ0n) is 17.2. The number of amides is 2. The molecule has 4 rings (SSSR count). The predicted octanol–water partition coefficient (Wildman–Crippen LogP) is 3.09. The number of hydrogen-bond acceptors (Lipinski definition) is 6. The molecule has 1 aliphatic rings. The van der Waals surface area contributed by atoms with E-state index in [0.29, 0.717) is 28.6 Å². The number of benzene rings is 1. The van der Waals surface area contributed by atoms with E-state index >= 15 is 0 Å². The van der Waals surface area contributed by atoms with Crippen molar-refractivity contribution < 1.29 is 9.59 Å². The number of pyridine rings is 1. The van der Waals surface area contributed by atoms with E-state index in [9.17, 15) is 9.59 Å². The summed E-state index contributed by atoms with van der Waals surface area (Å²) in [4.78, 5) is 40.2. The number of fused-ring (bicyclic) bond motifs is 1. The topological polar surface area (TPSA) is 100 Å². The molecule has 0 atom stereocenters. The van der Waals surface area contributed by atoms with E-state index in [4.69, 9.17) is 0 Å². The highest BCUT2D eigenvalue weighted by Crippen LogP contribution is 2.38. The Bertz CT molecular complexity index is 1140. The molecule has 30 heavy (non-hydrogen) atoms. The third kappa shape index (κ3) is 3.36. The second-order valence-corrected chi connectivity index (χ2v) is 7.84. The molecule has 0 radical (unpaired) electrons. The van der Waals surface area contributed by atoms with Crippen molar-refractivity contribution in [2.24, 2.45) is 0 Å². The van der Waals surface area contributed by atoms with Crippen LogP contribution in [0.15, 0.2) is 48.8 Å². The lowest BCUT2D eigenvalue weighted by molar-refractivity contribution is -0.119. The SMILES string of the molecule is CN(C)c1ncc(C(=O)Nc2ccc3c(c2)C(C)(C)C(=O)N3)c(-c2ccccn2)n1. The summed E-state index contributed by atoms with van der Waals surface area (Å²) in [5.74, 6) is 0.0677. The molecule has 0 spiro atoms. The molecule has 2 aromatic heterocycles. The second kappa shape index (κ2) is 7.22. The van der Waals surface area contributed by atoms with Crippen molar-refractivity contribution in [1.82, 2.24) is 15.0 Å². The molecule has 2 amide bonds. The summed E-state index contributed by atoms with van der Waals surface area (Å²) in [5, 5.41) is 5.76. The van der Waals surface area contributed by atoms with Gasteiger partial charge in [-0.3, -0.25) is 14.6 Å². The molecule has 0 saturated carbocycles. The Morgan fingerprint density at radius 3 is 2.63 bits per heavy atom. The summed E-state index contributed by atoms with van der Waals surface area (Å²) >= 11 is 0. The average molecular weight is 402 g/mol. The largest absolute Gasteiger partial charge is 0.347 e. The van der Waals surface area contributed by atoms with Gasteiger partial charge < -0.3 is 15.5 Å². The van der Waals surface area contributed by atoms with E-state index in [1.54, 1.807) is 35.4 Å². The molecule has 1 aromatic carbocycles. The van der Waals surface area contributed by atoms with Crippen molar-refractivity contribution in [3.8, 4) is 11.4 Å². The van der Waals surface area contributed by atoms with Crippen molar-refractivity contribution in [3.05, 3.63) is 59.9 Å². The highest BCUT2D eigenvalue weighted by atomic mass is 16.2. The van der Waals surface area contributed by atoms with Gasteiger partial charge in [-0.15, -0.1) is 0 Å². The van der Waals surface area contributed by atoms with Gasteiger partial charge in [0, 0.05) is 37.9 Å². The lowest BCUT2D eigenvalue weighted by atomic mass is 9.86. The lowest BCUT2D eigenvalue weighted by Crippen LogP contribution is -2.27. The highest BCUT2D eigenvalue weighted by molar-refractivity contribution is 6.09. The van der Waals surface area contributed by atoms with Crippen LogP contribution in [0.2, 0.25) is 0 Å². The molecule has 1 aliphatic heterocycles. The standard InChI is InChI=1S/C22H22N6O2/c1-22(2)15-11-13(8-9-16(15)26-20(22)30)25-19(29)14-12-24-21(28(3)4)27-18(14)17-7-5-6-10-23-17/h5-12H,1-4H3,(H,25,29)(H,26,30). The van der Waals surface area contributed by atoms with Gasteiger partial charge in [0.15, 0.2) is 0 Å². The number of aromatic nitrogens is 3. The van der Waals surface area contributed by atoms with Gasteiger partial charge in [0.2, 0.25) is 11.9 Å². The van der Waals surface area contributed by atoms with E-state index in [0.717, 1.165) is 11.3 Å². The van der Waals surface area contributed by atoms with Gasteiger partial charge in [-0.1, -0.05) is 6.07 Å². The van der Waals surface area contributed by atoms with Crippen LogP contribution in [0.5, 0.6) is 0 Å². The molecule has 0 fully saturated rings. The first-order chi connectivity index (χ1) is 14.3. The van der Waals surface area contributed by atoms with Crippen LogP contribution < -0.4 is 15.5 Å². The Morgan fingerprint density at radius 1 is 1.13 bits per heavy atom. The van der Waals surface area contributed by atoms with Gasteiger partial charge in [-0.25, -0.2) is 9.97 Å². The molecule has 3 heterocycles. The van der Waals surface area contributed by atoms with Crippen LogP contribution in [-0.2, 0) is 10.2 Å². The summed E-state index contributed by atoms with van der Waals surface area (Å²) in [5.41, 5.74) is 2.87. The number of nitrogens with zero attached hydrogens (tertiary/aromatic N) is 4. The Labute approximate surface area is 174 Å². The zero-order chi connectivity index (χ0) is 21.5. The smallest absolute Gasteiger partial charge is 0.259 e. The molecule has 8 nitrogen and oxygen atoms in total. The summed E-state index contributed by atoms with van der Waals surface area (Å²) in [6, 6.07) is 10.8. The molecule has 0 bridgehead atoms. The highest BCUT2D eigenvalue weighted by Gasteiger charge is 2.38. The number of rotatable bonds is 4. The van der Waals surface area contributed by atoms with E-state index in [-0.39, 0.29) is 11.8 Å². The van der Waals surface area contributed by atoms with Crippen LogP contribution in [0, 0.1) is 0 Å². The van der Waals surface area contributed by atoms with E-state index in [1.807, 2.05) is 40.1 Å². The van der Waals surface area contributed by atoms with E-state index in [2.05, 4.69) is 25.6 Å².